The van der Waals surface area contributed by atoms with Gasteiger partial charge in [-0.25, -0.2) is 9.97 Å². The number of aryl methyl sites for hydroxylation is 3. The first kappa shape index (κ1) is 19.2. The van der Waals surface area contributed by atoms with E-state index in [1.807, 2.05) is 29.5 Å². The van der Waals surface area contributed by atoms with Gasteiger partial charge >= 0.3 is 0 Å². The van der Waals surface area contributed by atoms with Crippen LogP contribution in [0, 0.1) is 20.8 Å². The zero-order chi connectivity index (χ0) is 21.4. The second-order valence-corrected chi connectivity index (χ2v) is 8.25. The van der Waals surface area contributed by atoms with Gasteiger partial charge in [0, 0.05) is 36.9 Å². The van der Waals surface area contributed by atoms with Crippen molar-refractivity contribution in [2.24, 2.45) is 0 Å². The van der Waals surface area contributed by atoms with Crippen LogP contribution in [0.2, 0.25) is 0 Å². The van der Waals surface area contributed by atoms with Crippen LogP contribution in [-0.4, -0.2) is 24.1 Å². The molecule has 0 aliphatic carbocycles. The number of hydrogen-bond acceptors (Lipinski definition) is 3. The Kier molecular flexibility index (Phi) is 4.86. The molecular formula is C26H25N5. The van der Waals surface area contributed by atoms with Gasteiger partial charge in [-0.3, -0.25) is 4.98 Å². The van der Waals surface area contributed by atoms with Gasteiger partial charge in [0.15, 0.2) is 0 Å². The Morgan fingerprint density at radius 2 is 1.61 bits per heavy atom. The molecule has 0 N–H and O–H groups in total. The van der Waals surface area contributed by atoms with Gasteiger partial charge in [0.05, 0.1) is 23.9 Å². The first-order valence-corrected chi connectivity index (χ1v) is 10.5. The van der Waals surface area contributed by atoms with Crippen LogP contribution in [0.25, 0.3) is 22.4 Å². The summed E-state index contributed by atoms with van der Waals surface area (Å²) in [7, 11) is 0. The van der Waals surface area contributed by atoms with Gasteiger partial charge in [0.1, 0.15) is 5.82 Å². The van der Waals surface area contributed by atoms with E-state index < -0.39 is 0 Å². The fourth-order valence-corrected chi connectivity index (χ4v) is 3.92. The highest BCUT2D eigenvalue weighted by atomic mass is 15.1. The Morgan fingerprint density at radius 1 is 0.806 bits per heavy atom. The van der Waals surface area contributed by atoms with Gasteiger partial charge in [-0.05, 0) is 61.2 Å². The summed E-state index contributed by atoms with van der Waals surface area (Å²) in [5, 5.41) is 0. The number of aromatic nitrogens is 5. The largest absolute Gasteiger partial charge is 0.333 e. The summed E-state index contributed by atoms with van der Waals surface area (Å²) in [5.41, 5.74) is 9.37. The molecule has 0 unspecified atom stereocenters. The number of imidazole rings is 2. The summed E-state index contributed by atoms with van der Waals surface area (Å²) >= 11 is 0. The minimum Gasteiger partial charge on any atom is -0.333 e. The molecule has 3 heterocycles. The lowest BCUT2D eigenvalue weighted by atomic mass is 10.1. The highest BCUT2D eigenvalue weighted by molar-refractivity contribution is 5.82. The summed E-state index contributed by atoms with van der Waals surface area (Å²) in [6.07, 6.45) is 9.40. The van der Waals surface area contributed by atoms with E-state index in [2.05, 4.69) is 77.8 Å². The van der Waals surface area contributed by atoms with Crippen molar-refractivity contribution in [3.05, 3.63) is 101 Å². The first-order chi connectivity index (χ1) is 15.1. The molecule has 0 saturated heterocycles. The predicted molar refractivity (Wildman–Crippen MR) is 124 cm³/mol. The number of hydrogen-bond donors (Lipinski definition) is 0. The number of fused-ring (bicyclic) bond motifs is 1. The maximum atomic E-state index is 5.04. The Bertz CT molecular complexity index is 1350. The van der Waals surface area contributed by atoms with Gasteiger partial charge in [-0.15, -0.1) is 0 Å². The lowest BCUT2D eigenvalue weighted by molar-refractivity contribution is 0.792. The van der Waals surface area contributed by atoms with Crippen LogP contribution in [0.4, 0.5) is 0 Å². The summed E-state index contributed by atoms with van der Waals surface area (Å²) in [4.78, 5) is 13.7. The lowest BCUT2D eigenvalue weighted by Crippen LogP contribution is -2.04. The average molecular weight is 408 g/mol. The van der Waals surface area contributed by atoms with Crippen molar-refractivity contribution in [2.75, 3.05) is 0 Å². The Balaban J connectivity index is 1.63. The van der Waals surface area contributed by atoms with Crippen LogP contribution in [0.5, 0.6) is 0 Å². The van der Waals surface area contributed by atoms with Gasteiger partial charge in [-0.1, -0.05) is 29.8 Å². The maximum Gasteiger partial charge on any atom is 0.143 e. The fraction of sp³-hybridized carbons (Fsp3) is 0.192. The van der Waals surface area contributed by atoms with Crippen molar-refractivity contribution in [3.8, 4) is 11.4 Å². The molecule has 5 aromatic rings. The van der Waals surface area contributed by atoms with Crippen molar-refractivity contribution in [2.45, 2.75) is 33.9 Å². The third-order valence-electron chi connectivity index (χ3n) is 5.80. The van der Waals surface area contributed by atoms with Gasteiger partial charge < -0.3 is 9.13 Å². The lowest BCUT2D eigenvalue weighted by Gasteiger charge is -2.11. The summed E-state index contributed by atoms with van der Waals surface area (Å²) in [6, 6.07) is 15.3. The Hall–Kier alpha value is -3.73. The van der Waals surface area contributed by atoms with Gasteiger partial charge in [-0.2, -0.15) is 0 Å². The Morgan fingerprint density at radius 3 is 2.39 bits per heavy atom. The van der Waals surface area contributed by atoms with E-state index in [1.54, 1.807) is 6.20 Å². The number of benzene rings is 2. The summed E-state index contributed by atoms with van der Waals surface area (Å²) < 4.78 is 4.35. The molecule has 0 saturated carbocycles. The molecule has 0 spiro atoms. The number of pyridine rings is 1. The monoisotopic (exact) mass is 407 g/mol. The molecule has 5 heteroatoms. The molecule has 154 valence electrons. The first-order valence-electron chi connectivity index (χ1n) is 10.5. The van der Waals surface area contributed by atoms with Gasteiger partial charge in [0.2, 0.25) is 0 Å². The average Bonchev–Trinajstić information content (AvgIpc) is 3.39. The van der Waals surface area contributed by atoms with E-state index in [-0.39, 0.29) is 0 Å². The molecule has 0 aliphatic heterocycles. The fourth-order valence-electron chi connectivity index (χ4n) is 3.92. The molecule has 3 aromatic heterocycles. The van der Waals surface area contributed by atoms with Crippen molar-refractivity contribution < 1.29 is 0 Å². The Labute approximate surface area is 182 Å². The maximum absolute atomic E-state index is 5.04. The van der Waals surface area contributed by atoms with E-state index in [9.17, 15) is 0 Å². The standard InChI is InChI=1S/C26H25N5/c1-18-4-6-21(7-5-18)16-31-25-11-20(3)19(2)10-24(25)29-26(31)23-12-22(13-28-14-23)15-30-9-8-27-17-30/h4-14,17H,15-16H2,1-3H3. The number of rotatable bonds is 5. The quantitative estimate of drug-likeness (QED) is 0.396. The molecule has 0 fully saturated rings. The van der Waals surface area contributed by atoms with Crippen LogP contribution in [-0.2, 0) is 13.1 Å². The topological polar surface area (TPSA) is 48.5 Å². The minimum atomic E-state index is 0.733. The van der Waals surface area contributed by atoms with E-state index in [1.165, 1.54) is 22.3 Å². The van der Waals surface area contributed by atoms with Crippen LogP contribution in [0.15, 0.2) is 73.6 Å². The van der Waals surface area contributed by atoms with E-state index >= 15 is 0 Å². The molecule has 31 heavy (non-hydrogen) atoms. The van der Waals surface area contributed by atoms with E-state index in [4.69, 9.17) is 4.98 Å². The van der Waals surface area contributed by atoms with Crippen molar-refractivity contribution in [1.29, 1.82) is 0 Å². The molecular weight excluding hydrogens is 382 g/mol. The van der Waals surface area contributed by atoms with Crippen molar-refractivity contribution in [3.63, 3.8) is 0 Å². The summed E-state index contributed by atoms with van der Waals surface area (Å²) in [6.45, 7) is 7.91. The zero-order valence-electron chi connectivity index (χ0n) is 18.1. The second kappa shape index (κ2) is 7.84. The van der Waals surface area contributed by atoms with Crippen LogP contribution in [0.1, 0.15) is 27.8 Å². The van der Waals surface area contributed by atoms with E-state index in [0.29, 0.717) is 0 Å². The SMILES string of the molecule is Cc1ccc(Cn2c(-c3cncc(Cn4ccnc4)c3)nc3cc(C)c(C)cc32)cc1. The molecule has 0 aliphatic rings. The highest BCUT2D eigenvalue weighted by Gasteiger charge is 2.15. The second-order valence-electron chi connectivity index (χ2n) is 8.25. The normalized spacial score (nSPS) is 11.3. The molecule has 0 bridgehead atoms. The third kappa shape index (κ3) is 3.87. The van der Waals surface area contributed by atoms with Crippen LogP contribution >= 0.6 is 0 Å². The molecule has 2 aromatic carbocycles. The predicted octanol–water partition coefficient (Wildman–Crippen LogP) is 5.32. The van der Waals surface area contributed by atoms with Crippen LogP contribution < -0.4 is 0 Å². The van der Waals surface area contributed by atoms with Gasteiger partial charge in [0.25, 0.3) is 0 Å². The van der Waals surface area contributed by atoms with E-state index in [0.717, 1.165) is 41.1 Å². The van der Waals surface area contributed by atoms with Crippen molar-refractivity contribution >= 4 is 11.0 Å². The molecule has 0 atom stereocenters. The van der Waals surface area contributed by atoms with Crippen LogP contribution in [0.3, 0.4) is 0 Å². The zero-order valence-corrected chi connectivity index (χ0v) is 18.1. The minimum absolute atomic E-state index is 0.733. The third-order valence-corrected chi connectivity index (χ3v) is 5.80. The molecule has 0 amide bonds. The highest BCUT2D eigenvalue weighted by Crippen LogP contribution is 2.28. The molecule has 0 radical (unpaired) electrons. The smallest absolute Gasteiger partial charge is 0.143 e. The van der Waals surface area contributed by atoms with Crippen molar-refractivity contribution in [1.82, 2.24) is 24.1 Å². The summed E-state index contributed by atoms with van der Waals surface area (Å²) in [5.74, 6) is 0.945. The number of nitrogens with zero attached hydrogens (tertiary/aromatic N) is 5. The molecule has 5 nitrogen and oxygen atoms in total. The molecule has 5 rings (SSSR count).